The van der Waals surface area contributed by atoms with Crippen LogP contribution in [0.3, 0.4) is 0 Å². The fourth-order valence-electron chi connectivity index (χ4n) is 2.97. The summed E-state index contributed by atoms with van der Waals surface area (Å²) in [5, 5.41) is 5.81. The van der Waals surface area contributed by atoms with Crippen LogP contribution in [0.5, 0.6) is 0 Å². The van der Waals surface area contributed by atoms with Gasteiger partial charge in [-0.1, -0.05) is 30.3 Å². The molecule has 0 saturated carbocycles. The normalized spacial score (nSPS) is 11.5. The van der Waals surface area contributed by atoms with E-state index in [1.54, 1.807) is 11.3 Å². The number of thiophene rings is 1. The number of hydrogen-bond acceptors (Lipinski definition) is 3. The highest BCUT2D eigenvalue weighted by atomic mass is 32.1. The quantitative estimate of drug-likeness (QED) is 0.400. The fraction of sp³-hybridized carbons (Fsp3) is 0. The Morgan fingerprint density at radius 1 is 0.739 bits per heavy atom. The summed E-state index contributed by atoms with van der Waals surface area (Å²) in [5.41, 5.74) is 4.10. The molecule has 3 aromatic carbocycles. The second kappa shape index (κ2) is 4.86. The molecule has 23 heavy (non-hydrogen) atoms. The summed E-state index contributed by atoms with van der Waals surface area (Å²) in [7, 11) is 0. The molecular weight excluding hydrogens is 302 g/mol. The van der Waals surface area contributed by atoms with E-state index in [-0.39, 0.29) is 0 Å². The lowest BCUT2D eigenvalue weighted by molar-refractivity contribution is 0.673. The molecular formula is C20H13NOS. The summed E-state index contributed by atoms with van der Waals surface area (Å²) in [6.07, 6.45) is 0. The second-order valence-electron chi connectivity index (χ2n) is 5.56. The maximum Gasteiger partial charge on any atom is 0.154 e. The van der Waals surface area contributed by atoms with Crippen molar-refractivity contribution in [3.63, 3.8) is 0 Å². The van der Waals surface area contributed by atoms with Crippen LogP contribution in [0.2, 0.25) is 0 Å². The van der Waals surface area contributed by atoms with Gasteiger partial charge in [0.25, 0.3) is 0 Å². The average Bonchev–Trinajstić information content (AvgIpc) is 3.12. The van der Waals surface area contributed by atoms with Crippen LogP contribution in [0.15, 0.2) is 77.2 Å². The van der Waals surface area contributed by atoms with Crippen LogP contribution >= 0.6 is 11.3 Å². The van der Waals surface area contributed by atoms with Gasteiger partial charge in [-0.2, -0.15) is 0 Å². The Morgan fingerprint density at radius 3 is 2.48 bits per heavy atom. The van der Waals surface area contributed by atoms with Gasteiger partial charge in [-0.3, -0.25) is 0 Å². The Hall–Kier alpha value is -2.78. The Bertz CT molecular complexity index is 1140. The third-order valence-corrected chi connectivity index (χ3v) is 5.23. The molecule has 2 nitrogen and oxygen atoms in total. The van der Waals surface area contributed by atoms with Crippen molar-refractivity contribution in [1.82, 2.24) is 0 Å². The monoisotopic (exact) mass is 315 g/mol. The maximum absolute atomic E-state index is 6.09. The first-order chi connectivity index (χ1) is 11.4. The van der Waals surface area contributed by atoms with Gasteiger partial charge in [-0.15, -0.1) is 11.3 Å². The Kier molecular flexibility index (Phi) is 2.69. The standard InChI is InChI=1S/C20H13NOS/c1-2-6-13(7-3-1)21-14-10-11-18-16(12-14)19-20(23-18)15-8-4-5-9-17(15)22-19/h1-12,21H. The van der Waals surface area contributed by atoms with Gasteiger partial charge in [0.05, 0.1) is 4.70 Å². The number of rotatable bonds is 2. The molecule has 5 aromatic rings. The van der Waals surface area contributed by atoms with Gasteiger partial charge in [0.15, 0.2) is 5.58 Å². The van der Waals surface area contributed by atoms with Crippen LogP contribution < -0.4 is 5.32 Å². The maximum atomic E-state index is 6.09. The van der Waals surface area contributed by atoms with E-state index in [0.717, 1.165) is 22.5 Å². The van der Waals surface area contributed by atoms with Crippen LogP contribution in [-0.4, -0.2) is 0 Å². The van der Waals surface area contributed by atoms with E-state index in [9.17, 15) is 0 Å². The Labute approximate surface area is 137 Å². The van der Waals surface area contributed by atoms with Gasteiger partial charge in [-0.25, -0.2) is 0 Å². The number of benzene rings is 3. The van der Waals surface area contributed by atoms with Crippen molar-refractivity contribution in [2.45, 2.75) is 0 Å². The summed E-state index contributed by atoms with van der Waals surface area (Å²) in [4.78, 5) is 0. The Balaban J connectivity index is 1.70. The van der Waals surface area contributed by atoms with Crippen molar-refractivity contribution in [1.29, 1.82) is 0 Å². The second-order valence-corrected chi connectivity index (χ2v) is 6.61. The van der Waals surface area contributed by atoms with E-state index in [2.05, 4.69) is 47.8 Å². The number of anilines is 2. The molecule has 2 heterocycles. The van der Waals surface area contributed by atoms with Gasteiger partial charge in [0.1, 0.15) is 5.58 Å². The van der Waals surface area contributed by atoms with Gasteiger partial charge in [0, 0.05) is 26.8 Å². The summed E-state index contributed by atoms with van der Waals surface area (Å²) < 4.78 is 8.58. The molecule has 0 spiro atoms. The lowest BCUT2D eigenvalue weighted by atomic mass is 10.2. The zero-order valence-electron chi connectivity index (χ0n) is 12.2. The summed E-state index contributed by atoms with van der Waals surface area (Å²) >= 11 is 1.79. The molecule has 0 aliphatic heterocycles. The van der Waals surface area contributed by atoms with Crippen molar-refractivity contribution in [3.05, 3.63) is 72.8 Å². The first-order valence-electron chi connectivity index (χ1n) is 7.54. The third-order valence-electron chi connectivity index (χ3n) is 4.05. The van der Waals surface area contributed by atoms with Crippen molar-refractivity contribution >= 4 is 54.0 Å². The number of nitrogens with one attached hydrogen (secondary N) is 1. The highest BCUT2D eigenvalue weighted by molar-refractivity contribution is 7.26. The largest absolute Gasteiger partial charge is 0.454 e. The van der Waals surface area contributed by atoms with Gasteiger partial charge in [-0.05, 0) is 42.5 Å². The lowest BCUT2D eigenvalue weighted by Gasteiger charge is -2.05. The molecule has 2 aromatic heterocycles. The molecule has 5 rings (SSSR count). The van der Waals surface area contributed by atoms with Crippen molar-refractivity contribution in [3.8, 4) is 0 Å². The van der Waals surface area contributed by atoms with E-state index in [1.165, 1.54) is 20.2 Å². The zero-order valence-corrected chi connectivity index (χ0v) is 13.1. The zero-order chi connectivity index (χ0) is 15.2. The predicted octanol–water partition coefficient (Wildman–Crippen LogP) is 6.54. The molecule has 1 N–H and O–H groups in total. The molecule has 0 unspecified atom stereocenters. The molecule has 110 valence electrons. The Morgan fingerprint density at radius 2 is 1.57 bits per heavy atom. The first kappa shape index (κ1) is 12.7. The van der Waals surface area contributed by atoms with Crippen LogP contribution in [-0.2, 0) is 0 Å². The minimum absolute atomic E-state index is 0.956. The molecule has 0 amide bonds. The number of furan rings is 1. The van der Waals surface area contributed by atoms with Crippen LogP contribution in [0, 0.1) is 0 Å². The summed E-state index contributed by atoms with van der Waals surface area (Å²) in [5.74, 6) is 0. The molecule has 0 saturated heterocycles. The number of fused-ring (bicyclic) bond motifs is 5. The molecule has 0 atom stereocenters. The van der Waals surface area contributed by atoms with E-state index in [4.69, 9.17) is 4.42 Å². The predicted molar refractivity (Wildman–Crippen MR) is 98.8 cm³/mol. The van der Waals surface area contributed by atoms with Gasteiger partial charge >= 0.3 is 0 Å². The highest BCUT2D eigenvalue weighted by Crippen LogP contribution is 2.41. The fourth-order valence-corrected chi connectivity index (χ4v) is 4.11. The van der Waals surface area contributed by atoms with E-state index in [0.29, 0.717) is 0 Å². The topological polar surface area (TPSA) is 25.2 Å². The first-order valence-corrected chi connectivity index (χ1v) is 8.36. The van der Waals surface area contributed by atoms with Crippen LogP contribution in [0.25, 0.3) is 31.3 Å². The van der Waals surface area contributed by atoms with Crippen molar-refractivity contribution in [2.24, 2.45) is 0 Å². The molecule has 0 radical (unpaired) electrons. The van der Waals surface area contributed by atoms with E-state index < -0.39 is 0 Å². The average molecular weight is 315 g/mol. The van der Waals surface area contributed by atoms with Gasteiger partial charge < -0.3 is 9.73 Å². The number of hydrogen-bond donors (Lipinski definition) is 1. The van der Waals surface area contributed by atoms with E-state index in [1.807, 2.05) is 30.3 Å². The molecule has 0 fully saturated rings. The molecule has 3 heteroatoms. The van der Waals surface area contributed by atoms with Crippen molar-refractivity contribution in [2.75, 3.05) is 5.32 Å². The summed E-state index contributed by atoms with van der Waals surface area (Å²) in [6.45, 7) is 0. The van der Waals surface area contributed by atoms with E-state index >= 15 is 0 Å². The number of para-hydroxylation sites is 2. The molecule has 0 aliphatic carbocycles. The SMILES string of the molecule is c1ccc(Nc2ccc3sc4c5ccccc5oc4c3c2)cc1. The molecule has 0 aliphatic rings. The highest BCUT2D eigenvalue weighted by Gasteiger charge is 2.13. The molecule has 0 bridgehead atoms. The lowest BCUT2D eigenvalue weighted by Crippen LogP contribution is -1.88. The summed E-state index contributed by atoms with van der Waals surface area (Å²) in [6, 6.07) is 24.9. The van der Waals surface area contributed by atoms with Crippen LogP contribution in [0.4, 0.5) is 11.4 Å². The van der Waals surface area contributed by atoms with Gasteiger partial charge in [0.2, 0.25) is 0 Å². The minimum atomic E-state index is 0.956. The minimum Gasteiger partial charge on any atom is -0.454 e. The smallest absolute Gasteiger partial charge is 0.154 e. The van der Waals surface area contributed by atoms with Crippen LogP contribution in [0.1, 0.15) is 0 Å². The third kappa shape index (κ3) is 2.01. The van der Waals surface area contributed by atoms with Crippen molar-refractivity contribution < 1.29 is 4.42 Å².